The molecule has 120 valence electrons. The Balaban J connectivity index is 1.60. The second-order valence-corrected chi connectivity index (χ2v) is 8.16. The van der Waals surface area contributed by atoms with E-state index in [2.05, 4.69) is 47.0 Å². The van der Waals surface area contributed by atoms with Crippen molar-refractivity contribution in [3.05, 3.63) is 36.0 Å². The number of hydrogen-bond donors (Lipinski definition) is 0. The van der Waals surface area contributed by atoms with Gasteiger partial charge in [-0.1, -0.05) is 42.5 Å². The molecule has 1 aromatic carbocycles. The van der Waals surface area contributed by atoms with E-state index in [4.69, 9.17) is 5.21 Å². The highest BCUT2D eigenvalue weighted by Gasteiger charge is 2.53. The highest BCUT2D eigenvalue weighted by atomic mass is 15.5. The van der Waals surface area contributed by atoms with E-state index in [1.165, 1.54) is 49.8 Å². The molecule has 0 unspecified atom stereocenters. The fourth-order valence-electron chi connectivity index (χ4n) is 6.14. The molecule has 4 fully saturated rings. The van der Waals surface area contributed by atoms with Crippen LogP contribution in [0, 0.1) is 17.8 Å². The summed E-state index contributed by atoms with van der Waals surface area (Å²) in [6, 6.07) is 10.6. The topological polar surface area (TPSA) is 30.7 Å². The summed E-state index contributed by atoms with van der Waals surface area (Å²) >= 11 is 0. The summed E-state index contributed by atoms with van der Waals surface area (Å²) in [7, 11) is 0. The molecule has 3 nitrogen and oxygen atoms in total. The fraction of sp³-hybridized carbons (Fsp3) is 0.600. The van der Waals surface area contributed by atoms with E-state index in [9.17, 15) is 0 Å². The largest absolute Gasteiger partial charge is 0.243 e. The molecule has 0 spiro atoms. The van der Waals surface area contributed by atoms with Crippen LogP contribution in [0.2, 0.25) is 0 Å². The van der Waals surface area contributed by atoms with Crippen molar-refractivity contribution in [2.75, 3.05) is 0 Å². The van der Waals surface area contributed by atoms with Gasteiger partial charge >= 0.3 is 0 Å². The predicted octanol–water partition coefficient (Wildman–Crippen LogP) is 4.43. The lowest BCUT2D eigenvalue weighted by atomic mass is 9.53. The Bertz CT molecular complexity index is 680. The molecule has 4 aliphatic rings. The average molecular weight is 307 g/mol. The molecule has 6 rings (SSSR count). The van der Waals surface area contributed by atoms with Crippen molar-refractivity contribution in [1.29, 1.82) is 0 Å². The van der Waals surface area contributed by atoms with E-state index in [-0.39, 0.29) is 5.54 Å². The first-order valence-electron chi connectivity index (χ1n) is 9.28. The molecule has 0 N–H and O–H groups in total. The maximum atomic E-state index is 4.72. The maximum absolute atomic E-state index is 4.72. The third-order valence-electron chi connectivity index (χ3n) is 6.60. The standard InChI is InChI=1S/C20H25N3/c1-2-18-19(17-6-4-3-5-7-17)21-22-23(18)20-11-14-8-15(12-20)10-16(9-14)13-20/h3-7,14-16H,2,8-13H2,1H3. The van der Waals surface area contributed by atoms with Crippen LogP contribution in [0.5, 0.6) is 0 Å². The molecule has 1 heterocycles. The van der Waals surface area contributed by atoms with Gasteiger partial charge in [0.05, 0.1) is 11.2 Å². The van der Waals surface area contributed by atoms with Gasteiger partial charge in [-0.05, 0) is 62.7 Å². The SMILES string of the molecule is CCc1c(-c2ccccc2)nnn1C12CC3CC(CC(C3)C1)C2. The first kappa shape index (κ1) is 13.8. The van der Waals surface area contributed by atoms with Crippen molar-refractivity contribution in [1.82, 2.24) is 15.0 Å². The van der Waals surface area contributed by atoms with Crippen molar-refractivity contribution in [2.24, 2.45) is 17.8 Å². The van der Waals surface area contributed by atoms with Crippen LogP contribution in [0.15, 0.2) is 30.3 Å². The van der Waals surface area contributed by atoms with E-state index >= 15 is 0 Å². The van der Waals surface area contributed by atoms with Crippen LogP contribution in [0.3, 0.4) is 0 Å². The predicted molar refractivity (Wildman–Crippen MR) is 91.0 cm³/mol. The molecule has 0 saturated heterocycles. The summed E-state index contributed by atoms with van der Waals surface area (Å²) < 4.78 is 2.37. The number of hydrogen-bond acceptors (Lipinski definition) is 2. The lowest BCUT2D eigenvalue weighted by Crippen LogP contribution is -2.52. The van der Waals surface area contributed by atoms with E-state index in [0.717, 1.165) is 29.9 Å². The summed E-state index contributed by atoms with van der Waals surface area (Å²) in [4.78, 5) is 0. The van der Waals surface area contributed by atoms with Crippen LogP contribution in [-0.2, 0) is 12.0 Å². The molecular weight excluding hydrogens is 282 g/mol. The Morgan fingerprint density at radius 1 is 1.00 bits per heavy atom. The van der Waals surface area contributed by atoms with Gasteiger partial charge in [-0.25, -0.2) is 4.68 Å². The van der Waals surface area contributed by atoms with Crippen LogP contribution in [-0.4, -0.2) is 15.0 Å². The van der Waals surface area contributed by atoms with E-state index < -0.39 is 0 Å². The minimum Gasteiger partial charge on any atom is -0.243 e. The summed E-state index contributed by atoms with van der Waals surface area (Å²) in [6.45, 7) is 2.25. The van der Waals surface area contributed by atoms with Gasteiger partial charge in [0.25, 0.3) is 0 Å². The first-order chi connectivity index (χ1) is 11.3. The zero-order chi connectivity index (χ0) is 15.4. The van der Waals surface area contributed by atoms with Crippen molar-refractivity contribution >= 4 is 0 Å². The Kier molecular flexibility index (Phi) is 2.95. The number of benzene rings is 1. The zero-order valence-corrected chi connectivity index (χ0v) is 13.9. The van der Waals surface area contributed by atoms with Gasteiger partial charge in [0.2, 0.25) is 0 Å². The lowest BCUT2D eigenvalue weighted by Gasteiger charge is -2.56. The average Bonchev–Trinajstić information content (AvgIpc) is 2.99. The third kappa shape index (κ3) is 2.02. The van der Waals surface area contributed by atoms with Crippen molar-refractivity contribution in [2.45, 2.75) is 57.4 Å². The second kappa shape index (κ2) is 4.93. The Morgan fingerprint density at radius 2 is 1.61 bits per heavy atom. The van der Waals surface area contributed by atoms with Crippen LogP contribution in [0.25, 0.3) is 11.3 Å². The molecule has 4 bridgehead atoms. The van der Waals surface area contributed by atoms with Gasteiger partial charge in [0.1, 0.15) is 5.69 Å². The summed E-state index contributed by atoms with van der Waals surface area (Å²) in [5, 5.41) is 9.35. The van der Waals surface area contributed by atoms with Crippen molar-refractivity contribution < 1.29 is 0 Å². The quantitative estimate of drug-likeness (QED) is 0.839. The molecule has 1 aromatic heterocycles. The molecule has 4 saturated carbocycles. The van der Waals surface area contributed by atoms with Crippen LogP contribution >= 0.6 is 0 Å². The second-order valence-electron chi connectivity index (χ2n) is 8.16. The van der Waals surface area contributed by atoms with Gasteiger partial charge in [0, 0.05) is 5.56 Å². The van der Waals surface area contributed by atoms with Crippen molar-refractivity contribution in [3.63, 3.8) is 0 Å². The third-order valence-corrected chi connectivity index (χ3v) is 6.60. The number of aromatic nitrogens is 3. The van der Waals surface area contributed by atoms with Crippen molar-refractivity contribution in [3.8, 4) is 11.3 Å². The minimum absolute atomic E-state index is 0.278. The normalized spacial score (nSPS) is 34.9. The van der Waals surface area contributed by atoms with E-state index in [1.54, 1.807) is 0 Å². The van der Waals surface area contributed by atoms with Gasteiger partial charge in [0.15, 0.2) is 0 Å². The molecule has 0 aliphatic heterocycles. The smallest absolute Gasteiger partial charge is 0.116 e. The van der Waals surface area contributed by atoms with Gasteiger partial charge in [-0.3, -0.25) is 0 Å². The zero-order valence-electron chi connectivity index (χ0n) is 13.9. The van der Waals surface area contributed by atoms with Crippen LogP contribution < -0.4 is 0 Å². The Hall–Kier alpha value is -1.64. The van der Waals surface area contributed by atoms with E-state index in [0.29, 0.717) is 0 Å². The van der Waals surface area contributed by atoms with Gasteiger partial charge < -0.3 is 0 Å². The van der Waals surface area contributed by atoms with Crippen LogP contribution in [0.4, 0.5) is 0 Å². The molecule has 23 heavy (non-hydrogen) atoms. The maximum Gasteiger partial charge on any atom is 0.116 e. The molecule has 4 aliphatic carbocycles. The van der Waals surface area contributed by atoms with E-state index in [1.807, 2.05) is 0 Å². The molecule has 2 aromatic rings. The molecule has 3 heteroatoms. The molecular formula is C20H25N3. The first-order valence-corrected chi connectivity index (χ1v) is 9.28. The van der Waals surface area contributed by atoms with Crippen LogP contribution in [0.1, 0.15) is 51.1 Å². The summed E-state index contributed by atoms with van der Waals surface area (Å²) in [6.07, 6.45) is 9.44. The van der Waals surface area contributed by atoms with Gasteiger partial charge in [-0.15, -0.1) is 5.10 Å². The molecule has 0 atom stereocenters. The lowest BCUT2D eigenvalue weighted by molar-refractivity contribution is -0.0515. The Labute approximate surface area is 138 Å². The fourth-order valence-corrected chi connectivity index (χ4v) is 6.14. The Morgan fingerprint density at radius 3 is 2.17 bits per heavy atom. The summed E-state index contributed by atoms with van der Waals surface area (Å²) in [5.74, 6) is 2.82. The molecule has 0 radical (unpaired) electrons. The number of nitrogens with zero attached hydrogens (tertiary/aromatic N) is 3. The molecule has 0 amide bonds. The highest BCUT2D eigenvalue weighted by molar-refractivity contribution is 5.61. The van der Waals surface area contributed by atoms with Gasteiger partial charge in [-0.2, -0.15) is 0 Å². The monoisotopic (exact) mass is 307 g/mol. The number of rotatable bonds is 3. The highest BCUT2D eigenvalue weighted by Crippen LogP contribution is 2.59. The minimum atomic E-state index is 0.278. The summed E-state index contributed by atoms with van der Waals surface area (Å²) in [5.41, 5.74) is 3.93.